The van der Waals surface area contributed by atoms with Gasteiger partial charge in [-0.2, -0.15) is 0 Å². The van der Waals surface area contributed by atoms with E-state index in [4.69, 9.17) is 4.74 Å². The highest BCUT2D eigenvalue weighted by Gasteiger charge is 2.22. The molecule has 146 valence electrons. The number of ether oxygens (including phenoxy) is 1. The Bertz CT molecular complexity index is 882. The van der Waals surface area contributed by atoms with Crippen molar-refractivity contribution in [3.63, 3.8) is 0 Å². The van der Waals surface area contributed by atoms with Crippen LogP contribution < -0.4 is 4.90 Å². The molecule has 0 radical (unpaired) electrons. The number of carbonyl (C=O) groups is 1. The fourth-order valence-corrected chi connectivity index (χ4v) is 3.35. The number of esters is 1. The minimum absolute atomic E-state index is 0.176. The zero-order chi connectivity index (χ0) is 20.1. The first-order chi connectivity index (χ1) is 13.5. The molecule has 1 aliphatic heterocycles. The van der Waals surface area contributed by atoms with Gasteiger partial charge < -0.3 is 9.64 Å². The zero-order valence-electron chi connectivity index (χ0n) is 16.6. The molecule has 0 saturated carbocycles. The number of allylic oxidation sites excluding steroid dienone is 2. The minimum Gasteiger partial charge on any atom is -0.466 e. The maximum atomic E-state index is 13.5. The van der Waals surface area contributed by atoms with Crippen LogP contribution in [0.3, 0.4) is 0 Å². The molecule has 3 rings (SSSR count). The minimum atomic E-state index is -0.286. The Kier molecular flexibility index (Phi) is 6.30. The van der Waals surface area contributed by atoms with E-state index in [-0.39, 0.29) is 24.1 Å². The Morgan fingerprint density at radius 2 is 1.82 bits per heavy atom. The van der Waals surface area contributed by atoms with Gasteiger partial charge in [0.15, 0.2) is 0 Å². The van der Waals surface area contributed by atoms with E-state index >= 15 is 0 Å². The smallest absolute Gasteiger partial charge is 0.311 e. The van der Waals surface area contributed by atoms with Gasteiger partial charge in [0, 0.05) is 17.6 Å². The third kappa shape index (κ3) is 4.69. The van der Waals surface area contributed by atoms with Crippen LogP contribution in [0.25, 0.3) is 5.57 Å². The normalized spacial score (nSPS) is 16.9. The zero-order valence-corrected chi connectivity index (χ0v) is 16.6. The van der Waals surface area contributed by atoms with Gasteiger partial charge in [-0.1, -0.05) is 42.8 Å². The maximum Gasteiger partial charge on any atom is 0.311 e. The van der Waals surface area contributed by atoms with Gasteiger partial charge in [-0.3, -0.25) is 4.79 Å². The largest absolute Gasteiger partial charge is 0.466 e. The quantitative estimate of drug-likeness (QED) is 0.610. The second-order valence-electron chi connectivity index (χ2n) is 7.11. The van der Waals surface area contributed by atoms with Crippen LogP contribution in [0.4, 0.5) is 10.1 Å². The standard InChI is InChI=1S/C24H26FNO2/c1-4-28-24(27)15-22-12-7-18(3)23(19-8-5-17(2)6-9-19)16-26(22)21-13-10-20(25)11-14-21/h5-6,8-14,16,18H,4,7,15H2,1-3H3. The summed E-state index contributed by atoms with van der Waals surface area (Å²) in [5.41, 5.74) is 5.20. The van der Waals surface area contributed by atoms with E-state index in [1.807, 2.05) is 4.90 Å². The van der Waals surface area contributed by atoms with E-state index in [2.05, 4.69) is 50.4 Å². The van der Waals surface area contributed by atoms with Crippen LogP contribution in [0, 0.1) is 18.7 Å². The van der Waals surface area contributed by atoms with E-state index in [9.17, 15) is 9.18 Å². The summed E-state index contributed by atoms with van der Waals surface area (Å²) in [5, 5.41) is 0. The monoisotopic (exact) mass is 379 g/mol. The van der Waals surface area contributed by atoms with Gasteiger partial charge >= 0.3 is 5.97 Å². The van der Waals surface area contributed by atoms with E-state index in [0.717, 1.165) is 23.4 Å². The SMILES string of the molecule is CCOC(=O)CC1=CCC(C)C(c2ccc(C)cc2)=CN1c1ccc(F)cc1. The number of rotatable bonds is 5. The molecule has 1 atom stereocenters. The lowest BCUT2D eigenvalue weighted by Crippen LogP contribution is -2.19. The Morgan fingerprint density at radius 3 is 2.46 bits per heavy atom. The van der Waals surface area contributed by atoms with Crippen LogP contribution in [0.2, 0.25) is 0 Å². The van der Waals surface area contributed by atoms with Crippen LogP contribution in [0.1, 0.15) is 37.8 Å². The van der Waals surface area contributed by atoms with Gasteiger partial charge in [-0.05, 0) is 61.6 Å². The van der Waals surface area contributed by atoms with Crippen molar-refractivity contribution in [1.82, 2.24) is 0 Å². The van der Waals surface area contributed by atoms with E-state index in [1.165, 1.54) is 23.3 Å². The topological polar surface area (TPSA) is 29.5 Å². The van der Waals surface area contributed by atoms with Crippen molar-refractivity contribution in [2.24, 2.45) is 5.92 Å². The van der Waals surface area contributed by atoms with Gasteiger partial charge in [0.25, 0.3) is 0 Å². The molecule has 4 heteroatoms. The summed E-state index contributed by atoms with van der Waals surface area (Å²) in [7, 11) is 0. The molecule has 1 aliphatic rings. The van der Waals surface area contributed by atoms with Gasteiger partial charge in [0.05, 0.1) is 13.0 Å². The summed E-state index contributed by atoms with van der Waals surface area (Å²) in [6.07, 6.45) is 5.14. The number of halogens is 1. The molecule has 0 amide bonds. The average molecular weight is 379 g/mol. The Balaban J connectivity index is 2.04. The molecule has 28 heavy (non-hydrogen) atoms. The van der Waals surface area contributed by atoms with Gasteiger partial charge in [-0.15, -0.1) is 0 Å². The molecule has 1 heterocycles. The van der Waals surface area contributed by atoms with Gasteiger partial charge in [-0.25, -0.2) is 4.39 Å². The number of hydrogen-bond acceptors (Lipinski definition) is 3. The predicted molar refractivity (Wildman–Crippen MR) is 111 cm³/mol. The Labute approximate surface area is 166 Å². The van der Waals surface area contributed by atoms with Crippen LogP contribution >= 0.6 is 0 Å². The molecule has 0 bridgehead atoms. The predicted octanol–water partition coefficient (Wildman–Crippen LogP) is 5.86. The molecule has 0 aliphatic carbocycles. The first-order valence-corrected chi connectivity index (χ1v) is 9.66. The van der Waals surface area contributed by atoms with Crippen molar-refractivity contribution >= 4 is 17.2 Å². The molecule has 0 N–H and O–H groups in total. The highest BCUT2D eigenvalue weighted by molar-refractivity contribution is 5.78. The Hall–Kier alpha value is -2.88. The van der Waals surface area contributed by atoms with Crippen molar-refractivity contribution in [3.05, 3.63) is 83.4 Å². The molecule has 3 nitrogen and oxygen atoms in total. The second kappa shape index (κ2) is 8.87. The fourth-order valence-electron chi connectivity index (χ4n) is 3.35. The summed E-state index contributed by atoms with van der Waals surface area (Å²) < 4.78 is 18.6. The molecule has 2 aromatic carbocycles. The Morgan fingerprint density at radius 1 is 1.14 bits per heavy atom. The van der Waals surface area contributed by atoms with Crippen molar-refractivity contribution in [2.45, 2.75) is 33.6 Å². The number of nitrogens with zero attached hydrogens (tertiary/aromatic N) is 1. The average Bonchev–Trinajstić information content (AvgIpc) is 2.83. The maximum absolute atomic E-state index is 13.5. The van der Waals surface area contributed by atoms with Crippen LogP contribution in [0.15, 0.2) is 66.5 Å². The summed E-state index contributed by atoms with van der Waals surface area (Å²) in [6.45, 7) is 6.40. The van der Waals surface area contributed by atoms with Crippen molar-refractivity contribution < 1.29 is 13.9 Å². The fraction of sp³-hybridized carbons (Fsp3) is 0.292. The lowest BCUT2D eigenvalue weighted by molar-refractivity contribution is -0.142. The lowest BCUT2D eigenvalue weighted by Gasteiger charge is -2.24. The first-order valence-electron chi connectivity index (χ1n) is 9.66. The van der Waals surface area contributed by atoms with E-state index < -0.39 is 0 Å². The molecule has 1 unspecified atom stereocenters. The van der Waals surface area contributed by atoms with Crippen molar-refractivity contribution in [1.29, 1.82) is 0 Å². The van der Waals surface area contributed by atoms with Crippen LogP contribution in [0.5, 0.6) is 0 Å². The van der Waals surface area contributed by atoms with Gasteiger partial charge in [0.2, 0.25) is 0 Å². The number of anilines is 1. The second-order valence-corrected chi connectivity index (χ2v) is 7.11. The summed E-state index contributed by atoms with van der Waals surface area (Å²) in [4.78, 5) is 14.1. The summed E-state index contributed by atoms with van der Waals surface area (Å²) >= 11 is 0. The van der Waals surface area contributed by atoms with E-state index in [0.29, 0.717) is 6.61 Å². The van der Waals surface area contributed by atoms with Crippen molar-refractivity contribution in [3.8, 4) is 0 Å². The number of aryl methyl sites for hydroxylation is 1. The first kappa shape index (κ1) is 19.9. The number of carbonyl (C=O) groups excluding carboxylic acids is 1. The molecule has 0 aromatic heterocycles. The molecular weight excluding hydrogens is 353 g/mol. The third-order valence-corrected chi connectivity index (χ3v) is 4.94. The third-order valence-electron chi connectivity index (χ3n) is 4.94. The molecule has 0 fully saturated rings. The molecule has 2 aromatic rings. The highest BCUT2D eigenvalue weighted by atomic mass is 19.1. The lowest BCUT2D eigenvalue weighted by atomic mass is 9.92. The van der Waals surface area contributed by atoms with Crippen LogP contribution in [-0.4, -0.2) is 12.6 Å². The molecule has 0 saturated heterocycles. The van der Waals surface area contributed by atoms with E-state index in [1.54, 1.807) is 19.1 Å². The van der Waals surface area contributed by atoms with Crippen LogP contribution in [-0.2, 0) is 9.53 Å². The highest BCUT2D eigenvalue weighted by Crippen LogP contribution is 2.34. The summed E-state index contributed by atoms with van der Waals surface area (Å²) in [6, 6.07) is 14.8. The number of hydrogen-bond donors (Lipinski definition) is 0. The molecule has 0 spiro atoms. The number of benzene rings is 2. The summed E-state index contributed by atoms with van der Waals surface area (Å²) in [5.74, 6) is -0.267. The van der Waals surface area contributed by atoms with Gasteiger partial charge in [0.1, 0.15) is 5.82 Å². The van der Waals surface area contributed by atoms with Crippen molar-refractivity contribution in [2.75, 3.05) is 11.5 Å². The molecular formula is C24H26FNO2.